The van der Waals surface area contributed by atoms with Crippen LogP contribution in [0, 0.1) is 6.92 Å². The Bertz CT molecular complexity index is 467. The Balaban J connectivity index is 0.00000200. The highest BCUT2D eigenvalue weighted by Crippen LogP contribution is 2.13. The summed E-state index contributed by atoms with van der Waals surface area (Å²) in [5.74, 6) is -0.157. The first-order chi connectivity index (χ1) is 9.08. The topological polar surface area (TPSA) is 74.0 Å². The molecule has 0 aromatic carbocycles. The van der Waals surface area contributed by atoms with Crippen LogP contribution in [0.2, 0.25) is 0 Å². The number of furan rings is 1. The second-order valence-corrected chi connectivity index (χ2v) is 4.67. The van der Waals surface area contributed by atoms with Crippen LogP contribution in [0.15, 0.2) is 16.7 Å². The minimum absolute atomic E-state index is 0. The predicted molar refractivity (Wildman–Crippen MR) is 75.3 cm³/mol. The van der Waals surface area contributed by atoms with Gasteiger partial charge in [-0.2, -0.15) is 0 Å². The maximum Gasteiger partial charge on any atom is 0.304 e. The van der Waals surface area contributed by atoms with Crippen molar-refractivity contribution in [1.82, 2.24) is 9.80 Å². The van der Waals surface area contributed by atoms with Crippen molar-refractivity contribution in [3.8, 4) is 0 Å². The molecule has 1 fully saturated rings. The fourth-order valence-electron chi connectivity index (χ4n) is 2.21. The van der Waals surface area contributed by atoms with Gasteiger partial charge in [0.15, 0.2) is 0 Å². The molecule has 1 saturated heterocycles. The maximum atomic E-state index is 12.2. The van der Waals surface area contributed by atoms with Crippen LogP contribution >= 0.6 is 12.4 Å². The molecule has 1 aromatic heterocycles. The number of rotatable bonds is 4. The third kappa shape index (κ3) is 3.98. The molecule has 0 bridgehead atoms. The number of amides is 1. The smallest absolute Gasteiger partial charge is 0.304 e. The van der Waals surface area contributed by atoms with Gasteiger partial charge in [0.25, 0.3) is 5.91 Å². The first kappa shape index (κ1) is 16.5. The van der Waals surface area contributed by atoms with Crippen LogP contribution in [0.3, 0.4) is 0 Å². The van der Waals surface area contributed by atoms with E-state index in [2.05, 4.69) is 4.90 Å². The summed E-state index contributed by atoms with van der Waals surface area (Å²) in [4.78, 5) is 26.6. The zero-order valence-corrected chi connectivity index (χ0v) is 12.2. The zero-order chi connectivity index (χ0) is 13.8. The van der Waals surface area contributed by atoms with Crippen LogP contribution in [-0.4, -0.2) is 59.5 Å². The fourth-order valence-corrected chi connectivity index (χ4v) is 2.21. The Morgan fingerprint density at radius 2 is 1.95 bits per heavy atom. The highest BCUT2D eigenvalue weighted by atomic mass is 35.5. The Morgan fingerprint density at radius 1 is 1.30 bits per heavy atom. The SMILES string of the molecule is Cc1occc1C(=O)N1CCN(CCC(=O)O)CC1.Cl. The average molecular weight is 303 g/mol. The highest BCUT2D eigenvalue weighted by molar-refractivity contribution is 5.95. The zero-order valence-electron chi connectivity index (χ0n) is 11.4. The molecule has 2 heterocycles. The number of carbonyl (C=O) groups excluding carboxylic acids is 1. The molecule has 0 aliphatic carbocycles. The van der Waals surface area contributed by atoms with Crippen LogP contribution in [0.25, 0.3) is 0 Å². The van der Waals surface area contributed by atoms with E-state index in [9.17, 15) is 9.59 Å². The number of halogens is 1. The van der Waals surface area contributed by atoms with Gasteiger partial charge in [0.1, 0.15) is 5.76 Å². The quantitative estimate of drug-likeness (QED) is 0.906. The van der Waals surface area contributed by atoms with Gasteiger partial charge in [0, 0.05) is 32.7 Å². The monoisotopic (exact) mass is 302 g/mol. The minimum atomic E-state index is -0.785. The molecule has 0 atom stereocenters. The van der Waals surface area contributed by atoms with Gasteiger partial charge >= 0.3 is 5.97 Å². The summed E-state index contributed by atoms with van der Waals surface area (Å²) in [6.07, 6.45) is 1.67. The van der Waals surface area contributed by atoms with Gasteiger partial charge < -0.3 is 14.4 Å². The first-order valence-corrected chi connectivity index (χ1v) is 6.35. The van der Waals surface area contributed by atoms with E-state index < -0.39 is 5.97 Å². The summed E-state index contributed by atoms with van der Waals surface area (Å²) in [6, 6.07) is 1.69. The molecule has 1 amide bonds. The van der Waals surface area contributed by atoms with Crippen molar-refractivity contribution in [3.63, 3.8) is 0 Å². The van der Waals surface area contributed by atoms with Gasteiger partial charge in [0.05, 0.1) is 18.2 Å². The number of hydrogen-bond acceptors (Lipinski definition) is 4. The van der Waals surface area contributed by atoms with Gasteiger partial charge in [-0.3, -0.25) is 14.5 Å². The van der Waals surface area contributed by atoms with E-state index in [1.807, 2.05) is 0 Å². The fraction of sp³-hybridized carbons (Fsp3) is 0.538. The van der Waals surface area contributed by atoms with Crippen LogP contribution in [0.4, 0.5) is 0 Å². The van der Waals surface area contributed by atoms with E-state index in [1.165, 1.54) is 6.26 Å². The molecule has 0 unspecified atom stereocenters. The number of aryl methyl sites for hydroxylation is 1. The van der Waals surface area contributed by atoms with Crippen molar-refractivity contribution in [1.29, 1.82) is 0 Å². The molecule has 112 valence electrons. The predicted octanol–water partition coefficient (Wildman–Crippen LogP) is 1.24. The summed E-state index contributed by atoms with van der Waals surface area (Å²) < 4.78 is 5.14. The standard InChI is InChI=1S/C13H18N2O4.ClH/c1-10-11(3-9-19-10)13(18)15-7-5-14(6-8-15)4-2-12(16)17;/h3,9H,2,4-8H2,1H3,(H,16,17);1H. The van der Waals surface area contributed by atoms with Crippen molar-refractivity contribution in [2.24, 2.45) is 0 Å². The summed E-state index contributed by atoms with van der Waals surface area (Å²) in [5, 5.41) is 8.64. The Labute approximate surface area is 123 Å². The molecule has 1 aromatic rings. The number of hydrogen-bond donors (Lipinski definition) is 1. The number of carboxylic acids is 1. The van der Waals surface area contributed by atoms with Crippen molar-refractivity contribution >= 4 is 24.3 Å². The minimum Gasteiger partial charge on any atom is -0.481 e. The molecule has 1 N–H and O–H groups in total. The second-order valence-electron chi connectivity index (χ2n) is 4.67. The molecule has 0 saturated carbocycles. The van der Waals surface area contributed by atoms with Gasteiger partial charge in [-0.1, -0.05) is 0 Å². The van der Waals surface area contributed by atoms with E-state index in [0.717, 1.165) is 13.1 Å². The molecular formula is C13H19ClN2O4. The first-order valence-electron chi connectivity index (χ1n) is 6.35. The normalized spacial score (nSPS) is 15.8. The van der Waals surface area contributed by atoms with Crippen molar-refractivity contribution < 1.29 is 19.1 Å². The highest BCUT2D eigenvalue weighted by Gasteiger charge is 2.24. The number of carboxylic acid groups (broad SMARTS) is 1. The van der Waals surface area contributed by atoms with E-state index in [1.54, 1.807) is 17.9 Å². The summed E-state index contributed by atoms with van der Waals surface area (Å²) in [7, 11) is 0. The lowest BCUT2D eigenvalue weighted by Crippen LogP contribution is -2.49. The lowest BCUT2D eigenvalue weighted by atomic mass is 10.2. The molecule has 2 rings (SSSR count). The largest absolute Gasteiger partial charge is 0.481 e. The van der Waals surface area contributed by atoms with Crippen LogP contribution < -0.4 is 0 Å². The van der Waals surface area contributed by atoms with Crippen molar-refractivity contribution in [3.05, 3.63) is 23.7 Å². The van der Waals surface area contributed by atoms with Crippen LogP contribution in [-0.2, 0) is 4.79 Å². The second kappa shape index (κ2) is 7.31. The number of nitrogens with zero attached hydrogens (tertiary/aromatic N) is 2. The molecule has 0 radical (unpaired) electrons. The van der Waals surface area contributed by atoms with Crippen molar-refractivity contribution in [2.75, 3.05) is 32.7 Å². The van der Waals surface area contributed by atoms with E-state index >= 15 is 0 Å². The van der Waals surface area contributed by atoms with Gasteiger partial charge in [-0.15, -0.1) is 12.4 Å². The van der Waals surface area contributed by atoms with Crippen molar-refractivity contribution in [2.45, 2.75) is 13.3 Å². The molecule has 1 aliphatic heterocycles. The lowest BCUT2D eigenvalue weighted by molar-refractivity contribution is -0.137. The molecule has 1 aliphatic rings. The lowest BCUT2D eigenvalue weighted by Gasteiger charge is -2.34. The Kier molecular flexibility index (Phi) is 6.04. The Morgan fingerprint density at radius 3 is 2.45 bits per heavy atom. The van der Waals surface area contributed by atoms with E-state index in [0.29, 0.717) is 31.0 Å². The molecular weight excluding hydrogens is 284 g/mol. The van der Waals surface area contributed by atoms with Gasteiger partial charge in [-0.25, -0.2) is 0 Å². The van der Waals surface area contributed by atoms with Crippen LogP contribution in [0.5, 0.6) is 0 Å². The molecule has 6 nitrogen and oxygen atoms in total. The average Bonchev–Trinajstić information content (AvgIpc) is 2.82. The maximum absolute atomic E-state index is 12.2. The number of carbonyl (C=O) groups is 2. The third-order valence-electron chi connectivity index (χ3n) is 3.39. The van der Waals surface area contributed by atoms with E-state index in [4.69, 9.17) is 9.52 Å². The van der Waals surface area contributed by atoms with Gasteiger partial charge in [-0.05, 0) is 13.0 Å². The third-order valence-corrected chi connectivity index (χ3v) is 3.39. The molecule has 20 heavy (non-hydrogen) atoms. The summed E-state index contributed by atoms with van der Waals surface area (Å²) in [5.41, 5.74) is 0.610. The van der Waals surface area contributed by atoms with E-state index in [-0.39, 0.29) is 24.7 Å². The Hall–Kier alpha value is -1.53. The van der Waals surface area contributed by atoms with Crippen LogP contribution in [0.1, 0.15) is 22.5 Å². The van der Waals surface area contributed by atoms with Gasteiger partial charge in [0.2, 0.25) is 0 Å². The summed E-state index contributed by atoms with van der Waals surface area (Å²) >= 11 is 0. The number of aliphatic carboxylic acids is 1. The molecule has 0 spiro atoms. The molecule has 7 heteroatoms. The summed E-state index contributed by atoms with van der Waals surface area (Å²) in [6.45, 7) is 5.01. The number of piperazine rings is 1.